The molecule has 3 N–H and O–H groups in total. The Morgan fingerprint density at radius 2 is 1.92 bits per heavy atom. The molecule has 1 fully saturated rings. The van der Waals surface area contributed by atoms with Gasteiger partial charge in [0, 0.05) is 29.8 Å². The normalized spacial score (nSPS) is 25.4. The summed E-state index contributed by atoms with van der Waals surface area (Å²) in [6.45, 7) is 4.20. The van der Waals surface area contributed by atoms with Crippen LogP contribution in [0.15, 0.2) is 0 Å². The minimum Gasteiger partial charge on any atom is -0.481 e. The molecule has 152 valence electrons. The van der Waals surface area contributed by atoms with Crippen molar-refractivity contribution >= 4 is 23.5 Å². The quantitative estimate of drug-likeness (QED) is 0.393. The number of thioether (sulfide) groups is 1. The number of aliphatic hydroxyl groups is 2. The van der Waals surface area contributed by atoms with Crippen LogP contribution >= 0.6 is 11.8 Å². The summed E-state index contributed by atoms with van der Waals surface area (Å²) in [6, 6.07) is 0. The van der Waals surface area contributed by atoms with Crippen molar-refractivity contribution in [3.05, 3.63) is 0 Å². The number of carbonyl (C=O) groups excluding carboxylic acids is 1. The van der Waals surface area contributed by atoms with E-state index in [1.165, 1.54) is 0 Å². The van der Waals surface area contributed by atoms with Gasteiger partial charge in [0.15, 0.2) is 0 Å². The van der Waals surface area contributed by atoms with E-state index in [-0.39, 0.29) is 35.7 Å². The highest BCUT2D eigenvalue weighted by Gasteiger charge is 2.41. The zero-order valence-corrected chi connectivity index (χ0v) is 17.0. The first kappa shape index (κ1) is 23.4. The lowest BCUT2D eigenvalue weighted by Crippen LogP contribution is -2.28. The first-order valence-corrected chi connectivity index (χ1v) is 11.1. The summed E-state index contributed by atoms with van der Waals surface area (Å²) in [4.78, 5) is 22.7. The monoisotopic (exact) mass is 388 g/mol. The highest BCUT2D eigenvalue weighted by Crippen LogP contribution is 2.37. The van der Waals surface area contributed by atoms with E-state index in [0.717, 1.165) is 44.9 Å². The topological polar surface area (TPSA) is 94.8 Å². The van der Waals surface area contributed by atoms with E-state index >= 15 is 0 Å². The lowest BCUT2D eigenvalue weighted by Gasteiger charge is -2.24. The number of Topliss-reactive ketones (excluding diaryl/α,β-unsaturated/α-hetero) is 1. The Labute approximate surface area is 161 Å². The van der Waals surface area contributed by atoms with Crippen LogP contribution in [0.4, 0.5) is 0 Å². The van der Waals surface area contributed by atoms with Crippen LogP contribution in [0.1, 0.15) is 78.1 Å². The zero-order valence-electron chi connectivity index (χ0n) is 16.2. The Morgan fingerprint density at radius 3 is 2.58 bits per heavy atom. The Hall–Kier alpha value is -0.590. The Morgan fingerprint density at radius 1 is 1.23 bits per heavy atom. The van der Waals surface area contributed by atoms with Crippen LogP contribution in [0.2, 0.25) is 0 Å². The standard InChI is InChI=1S/C20H36O5S/c1-3-4-9-14(2)18(23)13-26-20-15(16(21)12-17(20)22)10-7-5-6-8-11-19(24)25/h14-15,17-18,20,22-23H,3-13H2,1-2H3,(H,24,25)/t14?,15-,17?,18?,20+/m0/s1. The molecule has 6 heteroatoms. The Bertz CT molecular complexity index is 428. The molecular formula is C20H36O5S. The van der Waals surface area contributed by atoms with Gasteiger partial charge in [-0.05, 0) is 25.2 Å². The highest BCUT2D eigenvalue weighted by atomic mass is 32.2. The van der Waals surface area contributed by atoms with Crippen LogP contribution in [-0.4, -0.2) is 50.3 Å². The van der Waals surface area contributed by atoms with E-state index in [0.29, 0.717) is 12.2 Å². The molecule has 1 rings (SSSR count). The molecule has 0 heterocycles. The van der Waals surface area contributed by atoms with Crippen molar-refractivity contribution in [3.63, 3.8) is 0 Å². The minimum atomic E-state index is -0.762. The second kappa shape index (κ2) is 12.7. The second-order valence-corrected chi connectivity index (χ2v) is 8.89. The van der Waals surface area contributed by atoms with Gasteiger partial charge in [-0.2, -0.15) is 11.8 Å². The van der Waals surface area contributed by atoms with Gasteiger partial charge in [0.25, 0.3) is 0 Å². The summed E-state index contributed by atoms with van der Waals surface area (Å²) in [5.41, 5.74) is 0. The molecule has 26 heavy (non-hydrogen) atoms. The van der Waals surface area contributed by atoms with Crippen LogP contribution in [0.25, 0.3) is 0 Å². The summed E-state index contributed by atoms with van der Waals surface area (Å²) in [5.74, 6) is 0.0444. The van der Waals surface area contributed by atoms with Gasteiger partial charge in [-0.1, -0.05) is 46.0 Å². The van der Waals surface area contributed by atoms with E-state index < -0.39 is 18.2 Å². The molecule has 1 aliphatic rings. The van der Waals surface area contributed by atoms with Crippen LogP contribution in [0, 0.1) is 11.8 Å². The first-order chi connectivity index (χ1) is 12.4. The molecule has 0 aliphatic heterocycles. The van der Waals surface area contributed by atoms with Crippen molar-refractivity contribution < 1.29 is 24.9 Å². The number of carbonyl (C=O) groups is 2. The van der Waals surface area contributed by atoms with Gasteiger partial charge in [0.05, 0.1) is 12.2 Å². The first-order valence-electron chi connectivity index (χ1n) is 10.1. The van der Waals surface area contributed by atoms with E-state index in [1.54, 1.807) is 11.8 Å². The van der Waals surface area contributed by atoms with E-state index in [2.05, 4.69) is 13.8 Å². The molecule has 5 atom stereocenters. The fourth-order valence-corrected chi connectivity index (χ4v) is 5.15. The SMILES string of the molecule is CCCCC(C)C(O)CS[C@H]1C(O)CC(=O)[C@@H]1CCCCCCC(=O)O. The number of hydrogen-bond donors (Lipinski definition) is 3. The third-order valence-electron chi connectivity index (χ3n) is 5.38. The van der Waals surface area contributed by atoms with Gasteiger partial charge in [0.1, 0.15) is 5.78 Å². The van der Waals surface area contributed by atoms with Crippen molar-refractivity contribution in [1.29, 1.82) is 0 Å². The average Bonchev–Trinajstić information content (AvgIpc) is 2.86. The Balaban J connectivity index is 2.36. The van der Waals surface area contributed by atoms with Crippen molar-refractivity contribution in [1.82, 2.24) is 0 Å². The predicted molar refractivity (Wildman–Crippen MR) is 105 cm³/mol. The van der Waals surface area contributed by atoms with E-state index in [1.807, 2.05) is 0 Å². The number of aliphatic hydroxyl groups excluding tert-OH is 2. The maximum Gasteiger partial charge on any atom is 0.303 e. The molecular weight excluding hydrogens is 352 g/mol. The van der Waals surface area contributed by atoms with E-state index in [4.69, 9.17) is 5.11 Å². The summed E-state index contributed by atoms with van der Waals surface area (Å²) in [5, 5.41) is 29.1. The molecule has 3 unspecified atom stereocenters. The number of hydrogen-bond acceptors (Lipinski definition) is 5. The van der Waals surface area contributed by atoms with Crippen LogP contribution < -0.4 is 0 Å². The smallest absolute Gasteiger partial charge is 0.303 e. The van der Waals surface area contributed by atoms with Crippen LogP contribution in [0.3, 0.4) is 0 Å². The van der Waals surface area contributed by atoms with Gasteiger partial charge >= 0.3 is 5.97 Å². The number of ketones is 1. The number of rotatable bonds is 14. The molecule has 0 amide bonds. The van der Waals surface area contributed by atoms with Crippen LogP contribution in [-0.2, 0) is 9.59 Å². The third kappa shape index (κ3) is 8.40. The highest BCUT2D eigenvalue weighted by molar-refractivity contribution is 8.00. The van der Waals surface area contributed by atoms with Crippen molar-refractivity contribution in [2.75, 3.05) is 5.75 Å². The molecule has 0 aromatic rings. The summed E-state index contributed by atoms with van der Waals surface area (Å²) in [6.07, 6.45) is 6.75. The van der Waals surface area contributed by atoms with Crippen molar-refractivity contribution in [2.24, 2.45) is 11.8 Å². The van der Waals surface area contributed by atoms with Crippen molar-refractivity contribution in [2.45, 2.75) is 95.5 Å². The number of carboxylic acid groups (broad SMARTS) is 1. The molecule has 1 saturated carbocycles. The van der Waals surface area contributed by atoms with Gasteiger partial charge < -0.3 is 15.3 Å². The lowest BCUT2D eigenvalue weighted by molar-refractivity contribution is -0.137. The second-order valence-electron chi connectivity index (χ2n) is 7.68. The largest absolute Gasteiger partial charge is 0.481 e. The minimum absolute atomic E-state index is 0.116. The fourth-order valence-electron chi connectivity index (χ4n) is 3.56. The van der Waals surface area contributed by atoms with Gasteiger partial charge in [-0.3, -0.25) is 9.59 Å². The molecule has 5 nitrogen and oxygen atoms in total. The lowest BCUT2D eigenvalue weighted by atomic mass is 9.98. The summed E-state index contributed by atoms with van der Waals surface area (Å²) < 4.78 is 0. The van der Waals surface area contributed by atoms with Gasteiger partial charge in [-0.25, -0.2) is 0 Å². The molecule has 0 radical (unpaired) electrons. The number of carboxylic acids is 1. The maximum absolute atomic E-state index is 12.2. The molecule has 0 aromatic heterocycles. The number of unbranched alkanes of at least 4 members (excludes halogenated alkanes) is 4. The summed E-state index contributed by atoms with van der Waals surface area (Å²) >= 11 is 1.55. The van der Waals surface area contributed by atoms with Crippen LogP contribution in [0.5, 0.6) is 0 Å². The summed E-state index contributed by atoms with van der Waals surface area (Å²) in [7, 11) is 0. The average molecular weight is 389 g/mol. The van der Waals surface area contributed by atoms with Gasteiger partial charge in [-0.15, -0.1) is 0 Å². The van der Waals surface area contributed by atoms with Gasteiger partial charge in [0.2, 0.25) is 0 Å². The van der Waals surface area contributed by atoms with E-state index in [9.17, 15) is 19.8 Å². The maximum atomic E-state index is 12.2. The number of aliphatic carboxylic acids is 1. The molecule has 1 aliphatic carbocycles. The molecule has 0 bridgehead atoms. The third-order valence-corrected chi connectivity index (χ3v) is 6.95. The molecule has 0 aromatic carbocycles. The predicted octanol–water partition coefficient (Wildman–Crippen LogP) is 3.65. The molecule has 0 saturated heterocycles. The fraction of sp³-hybridized carbons (Fsp3) is 0.900. The van der Waals surface area contributed by atoms with Crippen molar-refractivity contribution in [3.8, 4) is 0 Å². The molecule has 0 spiro atoms. The zero-order chi connectivity index (χ0) is 19.5. The Kier molecular flexibility index (Phi) is 11.5.